The average Bonchev–Trinajstić information content (AvgIpc) is 2.91. The highest BCUT2D eigenvalue weighted by molar-refractivity contribution is 6.33. The first kappa shape index (κ1) is 25.8. The molecule has 7 nitrogen and oxygen atoms in total. The monoisotopic (exact) mass is 524 g/mol. The van der Waals surface area contributed by atoms with Crippen LogP contribution in [0.15, 0.2) is 71.9 Å². The minimum Gasteiger partial charge on any atom is -0.491 e. The minimum atomic E-state index is -0.0667. The second kappa shape index (κ2) is 12.1. The van der Waals surface area contributed by atoms with E-state index in [9.17, 15) is 5.21 Å². The number of piperazine rings is 1. The quantitative estimate of drug-likeness (QED) is 0.172. The molecular formula is C27H26Cl2N4O3. The largest absolute Gasteiger partial charge is 0.491 e. The maximum atomic E-state index is 9.73. The lowest BCUT2D eigenvalue weighted by molar-refractivity contribution is 0.201. The van der Waals surface area contributed by atoms with Crippen LogP contribution in [0.2, 0.25) is 10.0 Å². The summed E-state index contributed by atoms with van der Waals surface area (Å²) in [7, 11) is 0. The third kappa shape index (κ3) is 6.10. The topological polar surface area (TPSA) is 72.9 Å². The van der Waals surface area contributed by atoms with Crippen molar-refractivity contribution in [2.45, 2.75) is 6.04 Å². The molecule has 3 aromatic carbocycles. The molecule has 9 heteroatoms. The van der Waals surface area contributed by atoms with Gasteiger partial charge in [-0.2, -0.15) is 0 Å². The van der Waals surface area contributed by atoms with Crippen LogP contribution in [0.3, 0.4) is 0 Å². The molecule has 4 rings (SSSR count). The molecule has 1 fully saturated rings. The van der Waals surface area contributed by atoms with Crippen LogP contribution in [-0.4, -0.2) is 60.3 Å². The van der Waals surface area contributed by atoms with E-state index in [-0.39, 0.29) is 19.3 Å². The van der Waals surface area contributed by atoms with Crippen molar-refractivity contribution in [1.29, 1.82) is 0 Å². The van der Waals surface area contributed by atoms with Gasteiger partial charge in [0, 0.05) is 37.3 Å². The molecule has 1 aliphatic rings. The van der Waals surface area contributed by atoms with E-state index >= 15 is 0 Å². The molecule has 186 valence electrons. The van der Waals surface area contributed by atoms with Crippen LogP contribution in [-0.2, 0) is 0 Å². The van der Waals surface area contributed by atoms with Crippen molar-refractivity contribution in [3.63, 3.8) is 0 Å². The Morgan fingerprint density at radius 3 is 2.44 bits per heavy atom. The van der Waals surface area contributed by atoms with E-state index in [0.29, 0.717) is 46.8 Å². The summed E-state index contributed by atoms with van der Waals surface area (Å²) in [6.45, 7) is 9.81. The van der Waals surface area contributed by atoms with Gasteiger partial charge >= 0.3 is 0 Å². The Hall–Kier alpha value is -3.28. The maximum Gasteiger partial charge on any atom is 0.187 e. The molecule has 0 spiro atoms. The number of hydrogen-bond donors (Lipinski definition) is 2. The number of halogens is 2. The van der Waals surface area contributed by atoms with Gasteiger partial charge in [0.2, 0.25) is 0 Å². The molecule has 0 aliphatic carbocycles. The minimum absolute atomic E-state index is 0.0258. The summed E-state index contributed by atoms with van der Waals surface area (Å²) in [5, 5.41) is 23.5. The predicted molar refractivity (Wildman–Crippen MR) is 143 cm³/mol. The number of ether oxygens (including phenoxy) is 1. The molecule has 1 heterocycles. The third-order valence-corrected chi connectivity index (χ3v) is 6.69. The van der Waals surface area contributed by atoms with E-state index in [0.717, 1.165) is 23.4 Å². The number of rotatable bonds is 8. The number of benzene rings is 3. The molecule has 0 amide bonds. The van der Waals surface area contributed by atoms with Crippen molar-refractivity contribution in [3.05, 3.63) is 99.3 Å². The number of nitrogens with zero attached hydrogens (tertiary/aromatic N) is 4. The van der Waals surface area contributed by atoms with E-state index in [1.54, 1.807) is 30.3 Å². The highest BCUT2D eigenvalue weighted by Gasteiger charge is 2.30. The lowest BCUT2D eigenvalue weighted by atomic mass is 10.0. The number of anilines is 1. The Labute approximate surface area is 220 Å². The lowest BCUT2D eigenvalue weighted by Crippen LogP contribution is -2.50. The molecule has 1 atom stereocenters. The number of aliphatic hydroxyl groups excluding tert-OH is 1. The van der Waals surface area contributed by atoms with E-state index < -0.39 is 0 Å². The van der Waals surface area contributed by atoms with Crippen LogP contribution in [0.4, 0.5) is 11.4 Å². The molecule has 1 aliphatic heterocycles. The Bertz CT molecular complexity index is 1240. The van der Waals surface area contributed by atoms with Crippen LogP contribution in [0, 0.1) is 6.57 Å². The van der Waals surface area contributed by atoms with Crippen molar-refractivity contribution in [3.8, 4) is 5.75 Å². The van der Waals surface area contributed by atoms with Crippen molar-refractivity contribution in [1.82, 2.24) is 4.90 Å². The van der Waals surface area contributed by atoms with Crippen molar-refractivity contribution in [2.24, 2.45) is 5.16 Å². The van der Waals surface area contributed by atoms with Crippen molar-refractivity contribution in [2.75, 3.05) is 44.3 Å². The van der Waals surface area contributed by atoms with Crippen LogP contribution in [0.25, 0.3) is 4.85 Å². The second-order valence-electron chi connectivity index (χ2n) is 8.39. The molecule has 0 radical (unpaired) electrons. The predicted octanol–water partition coefficient (Wildman–Crippen LogP) is 5.66. The molecule has 2 N–H and O–H groups in total. The first-order valence-electron chi connectivity index (χ1n) is 11.5. The fourth-order valence-electron chi connectivity index (χ4n) is 4.34. The van der Waals surface area contributed by atoms with Crippen molar-refractivity contribution >= 4 is 40.3 Å². The summed E-state index contributed by atoms with van der Waals surface area (Å²) in [5.41, 5.74) is 3.83. The zero-order chi connectivity index (χ0) is 25.5. The smallest absolute Gasteiger partial charge is 0.187 e. The van der Waals surface area contributed by atoms with E-state index in [1.165, 1.54) is 0 Å². The van der Waals surface area contributed by atoms with E-state index in [1.807, 2.05) is 36.4 Å². The Morgan fingerprint density at radius 2 is 1.81 bits per heavy atom. The van der Waals surface area contributed by atoms with Crippen LogP contribution < -0.4 is 9.64 Å². The lowest BCUT2D eigenvalue weighted by Gasteiger charge is -2.43. The van der Waals surface area contributed by atoms with Gasteiger partial charge in [0.05, 0.1) is 29.9 Å². The molecule has 3 aromatic rings. The third-order valence-electron chi connectivity index (χ3n) is 6.13. The van der Waals surface area contributed by atoms with Crippen LogP contribution in [0.1, 0.15) is 17.2 Å². The van der Waals surface area contributed by atoms with Gasteiger partial charge < -0.3 is 20.0 Å². The molecular weight excluding hydrogens is 499 g/mol. The first-order valence-corrected chi connectivity index (χ1v) is 12.2. The Kier molecular flexibility index (Phi) is 8.68. The van der Waals surface area contributed by atoms with E-state index in [2.05, 4.69) is 19.8 Å². The Morgan fingerprint density at radius 1 is 1.06 bits per heavy atom. The molecule has 0 unspecified atom stereocenters. The number of oxime groups is 1. The summed E-state index contributed by atoms with van der Waals surface area (Å²) in [5.74, 6) is 0.604. The Balaban J connectivity index is 1.58. The molecule has 1 saturated heterocycles. The summed E-state index contributed by atoms with van der Waals surface area (Å²) in [4.78, 5) is 7.92. The fraction of sp³-hybridized carbons (Fsp3) is 0.259. The van der Waals surface area contributed by atoms with Crippen LogP contribution >= 0.6 is 23.2 Å². The van der Waals surface area contributed by atoms with Gasteiger partial charge in [-0.05, 0) is 35.4 Å². The molecule has 0 aromatic heterocycles. The van der Waals surface area contributed by atoms with Gasteiger partial charge in [-0.1, -0.05) is 64.8 Å². The normalized spacial score (nSPS) is 16.6. The molecule has 0 bridgehead atoms. The van der Waals surface area contributed by atoms with Gasteiger partial charge in [-0.25, -0.2) is 4.85 Å². The van der Waals surface area contributed by atoms with Crippen molar-refractivity contribution < 1.29 is 15.1 Å². The molecule has 0 saturated carbocycles. The van der Waals surface area contributed by atoms with Gasteiger partial charge in [0.25, 0.3) is 0 Å². The van der Waals surface area contributed by atoms with Gasteiger partial charge in [-0.3, -0.25) is 4.90 Å². The first-order chi connectivity index (χ1) is 17.5. The van der Waals surface area contributed by atoms with Gasteiger partial charge in [0.15, 0.2) is 5.69 Å². The summed E-state index contributed by atoms with van der Waals surface area (Å²) >= 11 is 12.8. The molecule has 36 heavy (non-hydrogen) atoms. The maximum absolute atomic E-state index is 9.73. The van der Waals surface area contributed by atoms with Crippen LogP contribution in [0.5, 0.6) is 5.75 Å². The zero-order valence-electron chi connectivity index (χ0n) is 19.5. The number of aliphatic hydroxyl groups is 1. The summed E-state index contributed by atoms with van der Waals surface area (Å²) in [6.07, 6.45) is 0. The number of hydrogen-bond acceptors (Lipinski definition) is 6. The summed E-state index contributed by atoms with van der Waals surface area (Å²) < 4.78 is 5.50. The highest BCUT2D eigenvalue weighted by Crippen LogP contribution is 2.37. The van der Waals surface area contributed by atoms with Gasteiger partial charge in [-0.15, -0.1) is 0 Å². The average molecular weight is 525 g/mol. The zero-order valence-corrected chi connectivity index (χ0v) is 21.0. The SMILES string of the molecule is [C-]#[N+]c1ccc(/C(CN2CCN(c3ccc(OCCO)cc3Cl)[C@H](c3ccc(Cl)cc3)C2)=N\O)cc1. The second-order valence-corrected chi connectivity index (χ2v) is 9.23. The highest BCUT2D eigenvalue weighted by atomic mass is 35.5. The summed E-state index contributed by atoms with van der Waals surface area (Å²) in [6, 6.07) is 20.4. The fourth-order valence-corrected chi connectivity index (χ4v) is 4.74. The van der Waals surface area contributed by atoms with E-state index in [4.69, 9.17) is 39.6 Å². The van der Waals surface area contributed by atoms with Gasteiger partial charge in [0.1, 0.15) is 18.1 Å². The standard InChI is InChI=1S/C27H26Cl2N4O3/c1-30-22-8-4-19(5-9-22)25(31-35)17-32-12-13-33(27(18-32)20-2-6-21(28)7-3-20)26-11-10-23(16-24(26)29)36-15-14-34/h2-11,16,27,34-35H,12-15,17-18H2/b31-25-/t27-/m0/s1.